The van der Waals surface area contributed by atoms with E-state index in [1.54, 1.807) is 13.3 Å². The first-order chi connectivity index (χ1) is 12.5. The van der Waals surface area contributed by atoms with Crippen LogP contribution in [0.2, 0.25) is 0 Å². The molecule has 0 saturated heterocycles. The van der Waals surface area contributed by atoms with Crippen molar-refractivity contribution in [2.75, 3.05) is 17.7 Å². The van der Waals surface area contributed by atoms with Crippen LogP contribution in [0, 0.1) is 5.92 Å². The number of nitrogens with zero attached hydrogens (tertiary/aromatic N) is 3. The number of aromatic nitrogens is 3. The third-order valence-electron chi connectivity index (χ3n) is 3.48. The molecule has 1 N–H and O–H groups in total. The van der Waals surface area contributed by atoms with E-state index in [1.807, 2.05) is 16.9 Å². The molecule has 0 saturated carbocycles. The summed E-state index contributed by atoms with van der Waals surface area (Å²) in [4.78, 5) is 24.7. The Labute approximate surface area is 161 Å². The minimum absolute atomic E-state index is 0.191. The highest BCUT2D eigenvalue weighted by atomic mass is 32.2. The highest BCUT2D eigenvalue weighted by Crippen LogP contribution is 2.31. The Balaban J connectivity index is 2.08. The third kappa shape index (κ3) is 5.31. The van der Waals surface area contributed by atoms with Gasteiger partial charge in [0.15, 0.2) is 5.16 Å². The number of thioether (sulfide) groups is 1. The van der Waals surface area contributed by atoms with Crippen LogP contribution in [-0.4, -0.2) is 39.0 Å². The Morgan fingerprint density at radius 2 is 2.15 bits per heavy atom. The lowest BCUT2D eigenvalue weighted by Crippen LogP contribution is -2.17. The molecule has 2 heterocycles. The van der Waals surface area contributed by atoms with Crippen LogP contribution in [0.1, 0.15) is 43.6 Å². The fourth-order valence-corrected chi connectivity index (χ4v) is 4.13. The van der Waals surface area contributed by atoms with Gasteiger partial charge in [0, 0.05) is 6.54 Å². The molecule has 26 heavy (non-hydrogen) atoms. The van der Waals surface area contributed by atoms with Crippen molar-refractivity contribution in [3.8, 4) is 0 Å². The number of esters is 1. The van der Waals surface area contributed by atoms with Gasteiger partial charge in [-0.1, -0.05) is 25.6 Å². The van der Waals surface area contributed by atoms with E-state index in [-0.39, 0.29) is 11.7 Å². The maximum Gasteiger partial charge on any atom is 0.341 e. The molecule has 0 aromatic carbocycles. The van der Waals surface area contributed by atoms with Gasteiger partial charge in [0.05, 0.1) is 17.9 Å². The average Bonchev–Trinajstić information content (AvgIpc) is 3.19. The van der Waals surface area contributed by atoms with E-state index in [1.165, 1.54) is 23.1 Å². The Bertz CT molecular complexity index is 755. The predicted molar refractivity (Wildman–Crippen MR) is 104 cm³/mol. The highest BCUT2D eigenvalue weighted by molar-refractivity contribution is 7.99. The van der Waals surface area contributed by atoms with Gasteiger partial charge >= 0.3 is 5.97 Å². The zero-order valence-corrected chi connectivity index (χ0v) is 17.1. The highest BCUT2D eigenvalue weighted by Gasteiger charge is 2.22. The molecule has 0 spiro atoms. The van der Waals surface area contributed by atoms with Crippen LogP contribution >= 0.6 is 23.1 Å². The SMILES string of the molecule is CCOC(=O)c1c(CC(C)C)csc1NC(=O)CSc1nncn1CC. The van der Waals surface area contributed by atoms with Crippen molar-refractivity contribution in [2.24, 2.45) is 5.92 Å². The van der Waals surface area contributed by atoms with Gasteiger partial charge in [-0.25, -0.2) is 4.79 Å². The van der Waals surface area contributed by atoms with Crippen molar-refractivity contribution in [1.82, 2.24) is 14.8 Å². The van der Waals surface area contributed by atoms with Gasteiger partial charge in [-0.3, -0.25) is 4.79 Å². The maximum atomic E-state index is 12.3. The summed E-state index contributed by atoms with van der Waals surface area (Å²) in [5.41, 5.74) is 1.39. The lowest BCUT2D eigenvalue weighted by Gasteiger charge is -2.10. The molecule has 0 radical (unpaired) electrons. The summed E-state index contributed by atoms with van der Waals surface area (Å²) >= 11 is 2.67. The number of rotatable bonds is 9. The van der Waals surface area contributed by atoms with Crippen molar-refractivity contribution < 1.29 is 14.3 Å². The summed E-state index contributed by atoms with van der Waals surface area (Å²) in [6.07, 6.45) is 2.39. The molecule has 0 bridgehead atoms. The largest absolute Gasteiger partial charge is 0.462 e. The Morgan fingerprint density at radius 3 is 2.81 bits per heavy atom. The Morgan fingerprint density at radius 1 is 1.38 bits per heavy atom. The zero-order valence-electron chi connectivity index (χ0n) is 15.4. The molecule has 0 aliphatic carbocycles. The molecule has 0 atom stereocenters. The van der Waals surface area contributed by atoms with E-state index in [4.69, 9.17) is 4.74 Å². The van der Waals surface area contributed by atoms with Crippen molar-refractivity contribution in [1.29, 1.82) is 0 Å². The molecule has 1 amide bonds. The van der Waals surface area contributed by atoms with Crippen LogP contribution in [0.15, 0.2) is 16.9 Å². The topological polar surface area (TPSA) is 86.1 Å². The molecule has 2 rings (SSSR count). The Kier molecular flexibility index (Phi) is 7.65. The molecule has 7 nitrogen and oxygen atoms in total. The second-order valence-corrected chi connectivity index (χ2v) is 7.84. The molecule has 0 aliphatic rings. The van der Waals surface area contributed by atoms with Crippen LogP contribution in [0.3, 0.4) is 0 Å². The first-order valence-corrected chi connectivity index (χ1v) is 10.4. The number of nitrogens with one attached hydrogen (secondary N) is 1. The molecule has 0 fully saturated rings. The van der Waals surface area contributed by atoms with E-state index in [2.05, 4.69) is 29.4 Å². The lowest BCUT2D eigenvalue weighted by molar-refractivity contribution is -0.113. The fourth-order valence-electron chi connectivity index (χ4n) is 2.37. The van der Waals surface area contributed by atoms with Crippen LogP contribution < -0.4 is 5.32 Å². The van der Waals surface area contributed by atoms with Crippen molar-refractivity contribution in [2.45, 2.75) is 45.8 Å². The first-order valence-electron chi connectivity index (χ1n) is 8.54. The quantitative estimate of drug-likeness (QED) is 0.516. The first kappa shape index (κ1) is 20.4. The summed E-state index contributed by atoms with van der Waals surface area (Å²) in [7, 11) is 0. The van der Waals surface area contributed by atoms with E-state index in [0.29, 0.717) is 28.2 Å². The zero-order chi connectivity index (χ0) is 19.1. The van der Waals surface area contributed by atoms with Crippen molar-refractivity contribution >= 4 is 40.0 Å². The van der Waals surface area contributed by atoms with Crippen LogP contribution in [0.4, 0.5) is 5.00 Å². The van der Waals surface area contributed by atoms with Crippen molar-refractivity contribution in [3.05, 3.63) is 22.8 Å². The number of anilines is 1. The number of carbonyl (C=O) groups excluding carboxylic acids is 2. The second-order valence-electron chi connectivity index (χ2n) is 6.02. The second kappa shape index (κ2) is 9.72. The van der Waals surface area contributed by atoms with E-state index < -0.39 is 5.97 Å². The summed E-state index contributed by atoms with van der Waals surface area (Å²) in [6, 6.07) is 0. The molecule has 0 aliphatic heterocycles. The minimum Gasteiger partial charge on any atom is -0.462 e. The summed E-state index contributed by atoms with van der Waals surface area (Å²) in [5, 5.41) is 13.8. The molecular weight excluding hydrogens is 372 g/mol. The average molecular weight is 397 g/mol. The van der Waals surface area contributed by atoms with Crippen LogP contribution in [0.25, 0.3) is 0 Å². The van der Waals surface area contributed by atoms with Gasteiger partial charge in [-0.05, 0) is 37.1 Å². The predicted octanol–water partition coefficient (Wildman–Crippen LogP) is 3.47. The third-order valence-corrected chi connectivity index (χ3v) is 5.41. The number of hydrogen-bond acceptors (Lipinski definition) is 7. The summed E-state index contributed by atoms with van der Waals surface area (Å²) in [6.45, 7) is 8.97. The molecule has 2 aromatic heterocycles. The van der Waals surface area contributed by atoms with E-state index >= 15 is 0 Å². The van der Waals surface area contributed by atoms with Gasteiger partial charge in [-0.2, -0.15) is 0 Å². The summed E-state index contributed by atoms with van der Waals surface area (Å²) < 4.78 is 7.04. The van der Waals surface area contributed by atoms with Gasteiger partial charge in [0.25, 0.3) is 0 Å². The van der Waals surface area contributed by atoms with Crippen LogP contribution in [0.5, 0.6) is 0 Å². The number of ether oxygens (including phenoxy) is 1. The minimum atomic E-state index is -0.391. The normalized spacial score (nSPS) is 11.0. The van der Waals surface area contributed by atoms with Crippen molar-refractivity contribution in [3.63, 3.8) is 0 Å². The molecule has 0 unspecified atom stereocenters. The van der Waals surface area contributed by atoms with E-state index in [0.717, 1.165) is 18.5 Å². The smallest absolute Gasteiger partial charge is 0.341 e. The Hall–Kier alpha value is -1.87. The molecular formula is C17H24N4O3S2. The number of thiophene rings is 1. The van der Waals surface area contributed by atoms with Gasteiger partial charge in [0.1, 0.15) is 11.3 Å². The van der Waals surface area contributed by atoms with Crippen LogP contribution in [-0.2, 0) is 22.5 Å². The lowest BCUT2D eigenvalue weighted by atomic mass is 10.0. The number of carbonyl (C=O) groups is 2. The summed E-state index contributed by atoms with van der Waals surface area (Å²) in [5.74, 6) is 0.0118. The molecule has 9 heteroatoms. The van der Waals surface area contributed by atoms with E-state index in [9.17, 15) is 9.59 Å². The maximum absolute atomic E-state index is 12.3. The van der Waals surface area contributed by atoms with Gasteiger partial charge in [-0.15, -0.1) is 21.5 Å². The number of amides is 1. The number of hydrogen-bond donors (Lipinski definition) is 1. The van der Waals surface area contributed by atoms with Gasteiger partial charge in [0.2, 0.25) is 5.91 Å². The number of aryl methyl sites for hydroxylation is 1. The monoisotopic (exact) mass is 396 g/mol. The van der Waals surface area contributed by atoms with Gasteiger partial charge < -0.3 is 14.6 Å². The molecule has 142 valence electrons. The standard InChI is InChI=1S/C17H24N4O3S2/c1-5-21-10-18-20-17(21)26-9-13(22)19-15-14(16(23)24-6-2)12(8-25-15)7-11(3)4/h8,10-11H,5-7,9H2,1-4H3,(H,19,22). The molecule has 2 aromatic rings. The fraction of sp³-hybridized carbons (Fsp3) is 0.529.